The molecule has 3 N–H and O–H groups in total. The molecule has 1 aliphatic carbocycles. The van der Waals surface area contributed by atoms with E-state index in [0.29, 0.717) is 17.4 Å². The van der Waals surface area contributed by atoms with Crippen molar-refractivity contribution in [3.63, 3.8) is 0 Å². The summed E-state index contributed by atoms with van der Waals surface area (Å²) in [6.45, 7) is 0. The minimum Gasteiger partial charge on any atom is -0.382 e. The summed E-state index contributed by atoms with van der Waals surface area (Å²) in [5.41, 5.74) is 6.29. The Bertz CT molecular complexity index is 412. The Morgan fingerprint density at radius 1 is 1.53 bits per heavy atom. The number of hydrogen-bond acceptors (Lipinski definition) is 5. The van der Waals surface area contributed by atoms with Gasteiger partial charge in [0, 0.05) is 20.1 Å². The van der Waals surface area contributed by atoms with Crippen LogP contribution in [0.25, 0.3) is 0 Å². The van der Waals surface area contributed by atoms with Crippen LogP contribution in [-0.4, -0.2) is 30.4 Å². The molecule has 0 atom stereocenters. The first-order valence-electron chi connectivity index (χ1n) is 5.85. The molecule has 0 aromatic carbocycles. The van der Waals surface area contributed by atoms with E-state index in [4.69, 9.17) is 5.73 Å². The van der Waals surface area contributed by atoms with Crippen LogP contribution in [-0.2, 0) is 0 Å². The van der Waals surface area contributed by atoms with E-state index in [1.807, 2.05) is 7.05 Å². The molecular formula is C11H18N4OS. The Balaban J connectivity index is 2.28. The maximum absolute atomic E-state index is 11.8. The molecule has 0 saturated heterocycles. The van der Waals surface area contributed by atoms with Gasteiger partial charge in [0.05, 0.1) is 0 Å². The Kier molecular flexibility index (Phi) is 3.51. The molecular weight excluding hydrogens is 236 g/mol. The number of nitrogens with one attached hydrogen (secondary N) is 1. The Morgan fingerprint density at radius 3 is 2.76 bits per heavy atom. The van der Waals surface area contributed by atoms with Crippen molar-refractivity contribution in [3.05, 3.63) is 5.56 Å². The highest BCUT2D eigenvalue weighted by Gasteiger charge is 2.26. The summed E-state index contributed by atoms with van der Waals surface area (Å²) >= 11 is 1.30. The van der Waals surface area contributed by atoms with Gasteiger partial charge in [0.15, 0.2) is 5.82 Å². The smallest absolute Gasteiger partial charge is 0.257 e. The fourth-order valence-corrected chi connectivity index (χ4v) is 3.17. The summed E-state index contributed by atoms with van der Waals surface area (Å²) < 4.78 is 4.10. The zero-order chi connectivity index (χ0) is 12.4. The first-order chi connectivity index (χ1) is 8.15. The Morgan fingerprint density at radius 2 is 2.18 bits per heavy atom. The van der Waals surface area contributed by atoms with Crippen LogP contribution in [0.4, 0.5) is 10.8 Å². The van der Waals surface area contributed by atoms with Crippen molar-refractivity contribution in [1.29, 1.82) is 0 Å². The lowest BCUT2D eigenvalue weighted by Gasteiger charge is -2.25. The molecule has 1 saturated carbocycles. The number of anilines is 2. The van der Waals surface area contributed by atoms with Crippen molar-refractivity contribution in [2.45, 2.75) is 31.7 Å². The average molecular weight is 254 g/mol. The predicted octanol–water partition coefficient (Wildman–Crippen LogP) is 1.46. The summed E-state index contributed by atoms with van der Waals surface area (Å²) in [5, 5.41) is 3.50. The second-order valence-corrected chi connectivity index (χ2v) is 5.13. The number of carbonyl (C=O) groups is 1. The monoisotopic (exact) mass is 254 g/mol. The molecule has 1 aromatic rings. The zero-order valence-corrected chi connectivity index (χ0v) is 11.0. The van der Waals surface area contributed by atoms with Gasteiger partial charge < -0.3 is 16.0 Å². The topological polar surface area (TPSA) is 71.2 Å². The first-order valence-corrected chi connectivity index (χ1v) is 6.62. The van der Waals surface area contributed by atoms with E-state index in [9.17, 15) is 4.79 Å². The van der Waals surface area contributed by atoms with Gasteiger partial charge in [-0.15, -0.1) is 0 Å². The highest BCUT2D eigenvalue weighted by molar-refractivity contribution is 7.11. The zero-order valence-electron chi connectivity index (χ0n) is 10.2. The van der Waals surface area contributed by atoms with Gasteiger partial charge in [0.2, 0.25) is 0 Å². The molecule has 0 unspecified atom stereocenters. The number of hydrogen-bond donors (Lipinski definition) is 2. The lowest BCUT2D eigenvalue weighted by Crippen LogP contribution is -2.30. The molecule has 0 aliphatic heterocycles. The summed E-state index contributed by atoms with van der Waals surface area (Å²) in [6.07, 6.45) is 4.89. The van der Waals surface area contributed by atoms with Gasteiger partial charge in [0.1, 0.15) is 10.6 Å². The summed E-state index contributed by atoms with van der Waals surface area (Å²) in [4.78, 5) is 13.9. The molecule has 0 spiro atoms. The van der Waals surface area contributed by atoms with Crippen LogP contribution in [0.2, 0.25) is 0 Å². The summed E-state index contributed by atoms with van der Waals surface area (Å²) in [7, 11) is 3.63. The maximum Gasteiger partial charge on any atom is 0.257 e. The molecule has 0 bridgehead atoms. The Hall–Kier alpha value is -1.30. The number of nitrogens with zero attached hydrogens (tertiary/aromatic N) is 2. The van der Waals surface area contributed by atoms with Crippen LogP contribution in [0.3, 0.4) is 0 Å². The summed E-state index contributed by atoms with van der Waals surface area (Å²) in [5.74, 6) is 0.172. The number of nitrogen functional groups attached to an aromatic ring is 1. The van der Waals surface area contributed by atoms with Crippen LogP contribution in [0.1, 0.15) is 36.0 Å². The van der Waals surface area contributed by atoms with E-state index in [2.05, 4.69) is 14.6 Å². The van der Waals surface area contributed by atoms with Gasteiger partial charge in [-0.2, -0.15) is 4.37 Å². The lowest BCUT2D eigenvalue weighted by atomic mass is 10.2. The second kappa shape index (κ2) is 4.91. The average Bonchev–Trinajstić information content (AvgIpc) is 2.96. The lowest BCUT2D eigenvalue weighted by molar-refractivity contribution is 0.0964. The third kappa shape index (κ3) is 2.22. The fraction of sp³-hybridized carbons (Fsp3) is 0.636. The minimum atomic E-state index is -0.156. The first kappa shape index (κ1) is 12.2. The molecule has 17 heavy (non-hydrogen) atoms. The molecule has 1 heterocycles. The van der Waals surface area contributed by atoms with Crippen molar-refractivity contribution < 1.29 is 4.79 Å². The second-order valence-electron chi connectivity index (χ2n) is 4.38. The number of carbonyl (C=O) groups excluding carboxylic acids is 1. The van der Waals surface area contributed by atoms with E-state index >= 15 is 0 Å². The van der Waals surface area contributed by atoms with E-state index in [-0.39, 0.29) is 5.91 Å². The molecule has 5 nitrogen and oxygen atoms in total. The van der Waals surface area contributed by atoms with Crippen molar-refractivity contribution in [1.82, 2.24) is 9.69 Å². The van der Waals surface area contributed by atoms with E-state index < -0.39 is 0 Å². The maximum atomic E-state index is 11.8. The number of nitrogens with two attached hydrogens (primary N) is 1. The van der Waals surface area contributed by atoms with E-state index in [1.54, 1.807) is 7.05 Å². The SMILES string of the molecule is CNC(=O)c1c(N)nsc1N(C)C1CCCC1. The molecule has 94 valence electrons. The minimum absolute atomic E-state index is 0.156. The molecule has 1 aliphatic rings. The van der Waals surface area contributed by atoms with Gasteiger partial charge in [-0.3, -0.25) is 4.79 Å². The number of aromatic nitrogens is 1. The molecule has 1 aromatic heterocycles. The van der Waals surface area contributed by atoms with Crippen molar-refractivity contribution in [2.75, 3.05) is 24.7 Å². The fourth-order valence-electron chi connectivity index (χ4n) is 2.33. The van der Waals surface area contributed by atoms with Crippen LogP contribution < -0.4 is 16.0 Å². The third-order valence-electron chi connectivity index (χ3n) is 3.35. The largest absolute Gasteiger partial charge is 0.382 e. The van der Waals surface area contributed by atoms with Crippen molar-refractivity contribution in [2.24, 2.45) is 0 Å². The van der Waals surface area contributed by atoms with Gasteiger partial charge in [0.25, 0.3) is 5.91 Å². The normalized spacial score (nSPS) is 16.1. The van der Waals surface area contributed by atoms with Gasteiger partial charge >= 0.3 is 0 Å². The molecule has 2 rings (SSSR count). The van der Waals surface area contributed by atoms with Crippen LogP contribution in [0.15, 0.2) is 0 Å². The third-order valence-corrected chi connectivity index (χ3v) is 4.30. The van der Waals surface area contributed by atoms with E-state index in [1.165, 1.54) is 37.2 Å². The summed E-state index contributed by atoms with van der Waals surface area (Å²) in [6, 6.07) is 0.512. The van der Waals surface area contributed by atoms with Crippen LogP contribution in [0.5, 0.6) is 0 Å². The van der Waals surface area contributed by atoms with E-state index in [0.717, 1.165) is 5.00 Å². The molecule has 1 amide bonds. The Labute approximate surface area is 105 Å². The highest BCUT2D eigenvalue weighted by atomic mass is 32.1. The molecule has 6 heteroatoms. The van der Waals surface area contributed by atoms with Crippen molar-refractivity contribution >= 4 is 28.3 Å². The predicted molar refractivity (Wildman–Crippen MR) is 70.6 cm³/mol. The quantitative estimate of drug-likeness (QED) is 0.856. The molecule has 0 radical (unpaired) electrons. The standard InChI is InChI=1S/C11H18N4OS/c1-13-10(16)8-9(12)14-17-11(8)15(2)7-5-3-4-6-7/h7H,3-6H2,1-2H3,(H2,12,14)(H,13,16). The van der Waals surface area contributed by atoms with Crippen LogP contribution in [0, 0.1) is 0 Å². The van der Waals surface area contributed by atoms with Crippen molar-refractivity contribution in [3.8, 4) is 0 Å². The van der Waals surface area contributed by atoms with Gasteiger partial charge in [-0.05, 0) is 24.4 Å². The highest BCUT2D eigenvalue weighted by Crippen LogP contribution is 2.34. The number of rotatable bonds is 3. The number of amides is 1. The molecule has 1 fully saturated rings. The van der Waals surface area contributed by atoms with Gasteiger partial charge in [-0.1, -0.05) is 12.8 Å². The van der Waals surface area contributed by atoms with Gasteiger partial charge in [-0.25, -0.2) is 0 Å². The van der Waals surface area contributed by atoms with Crippen LogP contribution >= 0.6 is 11.5 Å².